The summed E-state index contributed by atoms with van der Waals surface area (Å²) in [7, 11) is 0. The Bertz CT molecular complexity index is 219. The van der Waals surface area contributed by atoms with Gasteiger partial charge in [-0.2, -0.15) is 0 Å². The molecule has 0 saturated heterocycles. The van der Waals surface area contributed by atoms with Gasteiger partial charge in [-0.05, 0) is 0 Å². The van der Waals surface area contributed by atoms with Gasteiger partial charge in [0.25, 0.3) is 0 Å². The Morgan fingerprint density at radius 2 is 2.27 bits per heavy atom. The van der Waals surface area contributed by atoms with E-state index in [1.54, 1.807) is 0 Å². The lowest BCUT2D eigenvalue weighted by Crippen LogP contribution is -2.44. The molecule has 0 bridgehead atoms. The van der Waals surface area contributed by atoms with Gasteiger partial charge in [-0.15, -0.1) is 0 Å². The highest BCUT2D eigenvalue weighted by Gasteiger charge is 2.20. The predicted molar refractivity (Wildman–Crippen MR) is 43.5 cm³/mol. The number of rotatable bonds is 0. The van der Waals surface area contributed by atoms with Crippen LogP contribution in [-0.2, 0) is 0 Å². The molecule has 0 spiro atoms. The number of hydrogen-bond acceptors (Lipinski definition) is 5. The fourth-order valence-corrected chi connectivity index (χ4v) is 1.25. The minimum atomic E-state index is 0.582. The van der Waals surface area contributed by atoms with E-state index >= 15 is 0 Å². The smallest absolute Gasteiger partial charge is 0.201 e. The molecular weight excluding hydrogens is 142 g/mol. The van der Waals surface area contributed by atoms with Gasteiger partial charge in [-0.25, -0.2) is 0 Å². The molecule has 0 fully saturated rings. The Hall–Kier alpha value is -1.26. The van der Waals surface area contributed by atoms with Gasteiger partial charge < -0.3 is 11.1 Å². The molecule has 0 amide bonds. The van der Waals surface area contributed by atoms with Crippen molar-refractivity contribution in [3.8, 4) is 0 Å². The second-order valence-corrected chi connectivity index (χ2v) is 2.52. The maximum atomic E-state index is 5.61. The summed E-state index contributed by atoms with van der Waals surface area (Å²) in [6.07, 6.45) is 0. The van der Waals surface area contributed by atoms with Crippen molar-refractivity contribution >= 4 is 11.9 Å². The highest BCUT2D eigenvalue weighted by molar-refractivity contribution is 5.99. The molecule has 0 aliphatic carbocycles. The van der Waals surface area contributed by atoms with Crippen LogP contribution in [0.1, 0.15) is 0 Å². The van der Waals surface area contributed by atoms with Crippen LogP contribution in [0.4, 0.5) is 0 Å². The van der Waals surface area contributed by atoms with E-state index in [1.165, 1.54) is 0 Å². The second kappa shape index (κ2) is 2.41. The number of nitrogens with one attached hydrogen (secondary N) is 1. The fourth-order valence-electron chi connectivity index (χ4n) is 1.25. The Kier molecular flexibility index (Phi) is 1.41. The van der Waals surface area contributed by atoms with E-state index in [0.29, 0.717) is 5.96 Å². The zero-order valence-electron chi connectivity index (χ0n) is 6.25. The maximum Gasteiger partial charge on any atom is 0.201 e. The first kappa shape index (κ1) is 6.45. The average molecular weight is 153 g/mol. The highest BCUT2D eigenvalue weighted by Crippen LogP contribution is 2.00. The van der Waals surface area contributed by atoms with E-state index in [9.17, 15) is 0 Å². The van der Waals surface area contributed by atoms with Crippen molar-refractivity contribution in [2.45, 2.75) is 0 Å². The third-order valence-corrected chi connectivity index (χ3v) is 1.79. The molecule has 2 rings (SSSR count). The number of guanidine groups is 2. The fraction of sp³-hybridized carbons (Fsp3) is 0.667. The molecule has 11 heavy (non-hydrogen) atoms. The molecule has 0 saturated carbocycles. The molecular formula is C6H11N5. The van der Waals surface area contributed by atoms with E-state index in [1.807, 2.05) is 4.90 Å². The topological polar surface area (TPSA) is 66.0 Å². The minimum absolute atomic E-state index is 0.582. The second-order valence-electron chi connectivity index (χ2n) is 2.52. The number of nitrogens with two attached hydrogens (primary N) is 1. The van der Waals surface area contributed by atoms with Crippen LogP contribution >= 0.6 is 0 Å². The van der Waals surface area contributed by atoms with Crippen LogP contribution in [-0.4, -0.2) is 43.0 Å². The van der Waals surface area contributed by atoms with Gasteiger partial charge >= 0.3 is 0 Å². The lowest BCUT2D eigenvalue weighted by Gasteiger charge is -2.16. The number of hydrogen-bond donors (Lipinski definition) is 2. The summed E-state index contributed by atoms with van der Waals surface area (Å²) in [5, 5.41) is 3.14. The van der Waals surface area contributed by atoms with Gasteiger partial charge in [0.05, 0.1) is 13.1 Å². The standard InChI is InChI=1S/C6H11N5/c7-5-8-3-4-11(5)6-9-1-2-10-6/h1-4H2,(H2,7,8)(H,9,10). The quantitative estimate of drug-likeness (QED) is 0.448. The first-order valence-corrected chi connectivity index (χ1v) is 3.74. The van der Waals surface area contributed by atoms with Gasteiger partial charge in [0.1, 0.15) is 0 Å². The van der Waals surface area contributed by atoms with Crippen LogP contribution < -0.4 is 11.1 Å². The summed E-state index contributed by atoms with van der Waals surface area (Å²) < 4.78 is 0. The first-order chi connectivity index (χ1) is 5.38. The zero-order chi connectivity index (χ0) is 7.68. The van der Waals surface area contributed by atoms with Crippen LogP contribution in [0.2, 0.25) is 0 Å². The lowest BCUT2D eigenvalue weighted by molar-refractivity contribution is 0.638. The monoisotopic (exact) mass is 153 g/mol. The molecule has 0 radical (unpaired) electrons. The van der Waals surface area contributed by atoms with E-state index in [-0.39, 0.29) is 0 Å². The normalized spacial score (nSPS) is 23.1. The SMILES string of the molecule is NC1=NCCN1C1=NCCN1. The molecule has 0 aromatic carbocycles. The molecule has 5 heteroatoms. The predicted octanol–water partition coefficient (Wildman–Crippen LogP) is -1.42. The van der Waals surface area contributed by atoms with Crippen LogP contribution in [0.15, 0.2) is 9.98 Å². The average Bonchev–Trinajstić information content (AvgIpc) is 2.55. The van der Waals surface area contributed by atoms with Gasteiger partial charge in [-0.1, -0.05) is 0 Å². The van der Waals surface area contributed by atoms with Crippen LogP contribution in [0.5, 0.6) is 0 Å². The van der Waals surface area contributed by atoms with E-state index in [0.717, 1.165) is 32.1 Å². The summed E-state index contributed by atoms with van der Waals surface area (Å²) in [6, 6.07) is 0. The van der Waals surface area contributed by atoms with E-state index in [4.69, 9.17) is 5.73 Å². The summed E-state index contributed by atoms with van der Waals surface area (Å²) in [4.78, 5) is 10.2. The Balaban J connectivity index is 2.10. The Labute approximate surface area is 65.0 Å². The van der Waals surface area contributed by atoms with Crippen LogP contribution in [0, 0.1) is 0 Å². The third kappa shape index (κ3) is 1.02. The molecule has 60 valence electrons. The summed E-state index contributed by atoms with van der Waals surface area (Å²) in [6.45, 7) is 3.41. The summed E-state index contributed by atoms with van der Waals surface area (Å²) in [5.74, 6) is 1.46. The van der Waals surface area contributed by atoms with Crippen LogP contribution in [0.3, 0.4) is 0 Å². The van der Waals surface area contributed by atoms with Crippen molar-refractivity contribution in [1.82, 2.24) is 10.2 Å². The Morgan fingerprint density at radius 3 is 2.82 bits per heavy atom. The molecule has 0 aromatic rings. The van der Waals surface area contributed by atoms with Crippen LogP contribution in [0.25, 0.3) is 0 Å². The molecule has 2 heterocycles. The van der Waals surface area contributed by atoms with Crippen molar-refractivity contribution in [2.75, 3.05) is 26.2 Å². The van der Waals surface area contributed by atoms with Crippen molar-refractivity contribution in [3.05, 3.63) is 0 Å². The summed E-state index contributed by atoms with van der Waals surface area (Å²) in [5.41, 5.74) is 5.61. The zero-order valence-corrected chi connectivity index (χ0v) is 6.25. The van der Waals surface area contributed by atoms with Gasteiger partial charge in [-0.3, -0.25) is 14.9 Å². The molecule has 3 N–H and O–H groups in total. The summed E-state index contributed by atoms with van der Waals surface area (Å²) >= 11 is 0. The largest absolute Gasteiger partial charge is 0.369 e. The van der Waals surface area contributed by atoms with Crippen molar-refractivity contribution in [3.63, 3.8) is 0 Å². The van der Waals surface area contributed by atoms with E-state index in [2.05, 4.69) is 15.3 Å². The third-order valence-electron chi connectivity index (χ3n) is 1.79. The first-order valence-electron chi connectivity index (χ1n) is 3.74. The highest BCUT2D eigenvalue weighted by atomic mass is 15.4. The van der Waals surface area contributed by atoms with E-state index < -0.39 is 0 Å². The lowest BCUT2D eigenvalue weighted by atomic mass is 10.6. The number of aliphatic imine (C=N–C) groups is 2. The molecule has 0 unspecified atom stereocenters. The Morgan fingerprint density at radius 1 is 1.36 bits per heavy atom. The van der Waals surface area contributed by atoms with Gasteiger partial charge in [0.15, 0.2) is 5.96 Å². The molecule has 5 nitrogen and oxygen atoms in total. The molecule has 2 aliphatic heterocycles. The van der Waals surface area contributed by atoms with Gasteiger partial charge in [0, 0.05) is 13.1 Å². The van der Waals surface area contributed by atoms with Crippen molar-refractivity contribution in [1.29, 1.82) is 0 Å². The van der Waals surface area contributed by atoms with Gasteiger partial charge in [0.2, 0.25) is 5.96 Å². The maximum absolute atomic E-state index is 5.61. The minimum Gasteiger partial charge on any atom is -0.369 e. The molecule has 0 atom stereocenters. The molecule has 2 aliphatic rings. The van der Waals surface area contributed by atoms with Crippen molar-refractivity contribution < 1.29 is 0 Å². The van der Waals surface area contributed by atoms with Crippen molar-refractivity contribution in [2.24, 2.45) is 15.7 Å². The molecule has 0 aromatic heterocycles. The number of nitrogens with zero attached hydrogens (tertiary/aromatic N) is 3.